The van der Waals surface area contributed by atoms with Crippen molar-refractivity contribution in [3.8, 4) is 0 Å². The largest absolute Gasteiger partial charge is 0.377 e. The standard InChI is InChI=1S/C10H16ClN5O2/c1-17-7-4-16(5-8(7)18-2)9-6(11)3-13-10(14-9)15-12/h3,7-8H,4-5,12H2,1-2H3,(H,13,14,15). The van der Waals surface area contributed by atoms with Crippen molar-refractivity contribution in [2.45, 2.75) is 12.2 Å². The molecule has 0 amide bonds. The predicted molar refractivity (Wildman–Crippen MR) is 68.7 cm³/mol. The number of hydrogen-bond acceptors (Lipinski definition) is 7. The fourth-order valence-electron chi connectivity index (χ4n) is 2.02. The Morgan fingerprint density at radius 2 is 2.00 bits per heavy atom. The average Bonchev–Trinajstić information content (AvgIpc) is 2.82. The van der Waals surface area contributed by atoms with Crippen molar-refractivity contribution in [2.24, 2.45) is 5.84 Å². The Kier molecular flexibility index (Phi) is 4.18. The van der Waals surface area contributed by atoms with Crippen LogP contribution in [0.4, 0.5) is 11.8 Å². The third kappa shape index (κ3) is 2.49. The second kappa shape index (κ2) is 5.66. The molecule has 0 saturated carbocycles. The number of anilines is 2. The normalized spacial score (nSPS) is 23.4. The van der Waals surface area contributed by atoms with Crippen LogP contribution in [-0.2, 0) is 9.47 Å². The zero-order valence-corrected chi connectivity index (χ0v) is 11.0. The Bertz CT molecular complexity index is 407. The summed E-state index contributed by atoms with van der Waals surface area (Å²) < 4.78 is 10.7. The van der Waals surface area contributed by atoms with E-state index in [0.717, 1.165) is 0 Å². The molecule has 1 aromatic rings. The molecule has 100 valence electrons. The number of nitrogens with two attached hydrogens (primary N) is 1. The van der Waals surface area contributed by atoms with Gasteiger partial charge in [-0.25, -0.2) is 10.8 Å². The van der Waals surface area contributed by atoms with Gasteiger partial charge in [0.15, 0.2) is 5.82 Å². The summed E-state index contributed by atoms with van der Waals surface area (Å²) in [4.78, 5) is 10.2. The summed E-state index contributed by atoms with van der Waals surface area (Å²) in [7, 11) is 3.32. The van der Waals surface area contributed by atoms with Crippen LogP contribution in [0.1, 0.15) is 0 Å². The summed E-state index contributed by atoms with van der Waals surface area (Å²) in [5.74, 6) is 6.24. The van der Waals surface area contributed by atoms with Gasteiger partial charge >= 0.3 is 0 Å². The molecule has 1 aromatic heterocycles. The molecule has 0 radical (unpaired) electrons. The van der Waals surface area contributed by atoms with Crippen LogP contribution in [-0.4, -0.2) is 49.5 Å². The van der Waals surface area contributed by atoms with Crippen LogP contribution in [0.25, 0.3) is 0 Å². The van der Waals surface area contributed by atoms with Gasteiger partial charge in [-0.05, 0) is 0 Å². The van der Waals surface area contributed by atoms with Crippen LogP contribution >= 0.6 is 11.6 Å². The van der Waals surface area contributed by atoms with Gasteiger partial charge in [-0.1, -0.05) is 11.6 Å². The van der Waals surface area contributed by atoms with E-state index in [0.29, 0.717) is 29.9 Å². The number of halogens is 1. The predicted octanol–water partition coefficient (Wildman–Crippen LogP) is 0.266. The highest BCUT2D eigenvalue weighted by atomic mass is 35.5. The lowest BCUT2D eigenvalue weighted by molar-refractivity contribution is -0.00461. The zero-order valence-electron chi connectivity index (χ0n) is 10.3. The molecule has 0 spiro atoms. The van der Waals surface area contributed by atoms with Gasteiger partial charge < -0.3 is 14.4 Å². The van der Waals surface area contributed by atoms with Crippen molar-refractivity contribution in [1.82, 2.24) is 9.97 Å². The number of nitrogens with one attached hydrogen (secondary N) is 1. The van der Waals surface area contributed by atoms with Crippen molar-refractivity contribution in [3.63, 3.8) is 0 Å². The fourth-order valence-corrected chi connectivity index (χ4v) is 2.23. The molecule has 2 atom stereocenters. The highest BCUT2D eigenvalue weighted by Crippen LogP contribution is 2.28. The van der Waals surface area contributed by atoms with Crippen LogP contribution in [0.15, 0.2) is 6.20 Å². The molecule has 18 heavy (non-hydrogen) atoms. The molecule has 0 aliphatic carbocycles. The summed E-state index contributed by atoms with van der Waals surface area (Å²) in [5, 5.41) is 0.473. The Morgan fingerprint density at radius 1 is 1.39 bits per heavy atom. The van der Waals surface area contributed by atoms with Gasteiger partial charge in [-0.15, -0.1) is 0 Å². The van der Waals surface area contributed by atoms with E-state index in [9.17, 15) is 0 Å². The molecule has 3 N–H and O–H groups in total. The maximum absolute atomic E-state index is 6.10. The van der Waals surface area contributed by atoms with Crippen molar-refractivity contribution >= 4 is 23.4 Å². The van der Waals surface area contributed by atoms with E-state index in [4.69, 9.17) is 26.9 Å². The lowest BCUT2D eigenvalue weighted by Gasteiger charge is -2.18. The molecule has 2 unspecified atom stereocenters. The van der Waals surface area contributed by atoms with Crippen molar-refractivity contribution in [1.29, 1.82) is 0 Å². The lowest BCUT2D eigenvalue weighted by atomic mass is 10.3. The molecule has 0 aromatic carbocycles. The van der Waals surface area contributed by atoms with Gasteiger partial charge in [0.25, 0.3) is 0 Å². The van der Waals surface area contributed by atoms with E-state index in [1.54, 1.807) is 14.2 Å². The minimum absolute atomic E-state index is 0.00434. The van der Waals surface area contributed by atoms with Gasteiger partial charge in [0.2, 0.25) is 5.95 Å². The summed E-state index contributed by atoms with van der Waals surface area (Å²) in [6.07, 6.45) is 1.51. The number of rotatable bonds is 4. The number of ether oxygens (including phenoxy) is 2. The van der Waals surface area contributed by atoms with E-state index >= 15 is 0 Å². The Morgan fingerprint density at radius 3 is 2.50 bits per heavy atom. The van der Waals surface area contributed by atoms with E-state index in [2.05, 4.69) is 15.4 Å². The molecular weight excluding hydrogens is 258 g/mol. The third-order valence-electron chi connectivity index (χ3n) is 2.98. The average molecular weight is 274 g/mol. The van der Waals surface area contributed by atoms with Gasteiger partial charge in [0, 0.05) is 27.3 Å². The maximum atomic E-state index is 6.10. The van der Waals surface area contributed by atoms with Crippen LogP contribution in [0, 0.1) is 0 Å². The minimum Gasteiger partial charge on any atom is -0.377 e. The Hall–Kier alpha value is -1.15. The fraction of sp³-hybridized carbons (Fsp3) is 0.600. The molecule has 1 aliphatic rings. The summed E-state index contributed by atoms with van der Waals surface area (Å²) in [5.41, 5.74) is 2.40. The molecule has 2 heterocycles. The van der Waals surface area contributed by atoms with E-state index in [1.807, 2.05) is 4.90 Å². The number of nitrogens with zero attached hydrogens (tertiary/aromatic N) is 3. The third-order valence-corrected chi connectivity index (χ3v) is 3.24. The molecule has 0 bridgehead atoms. The zero-order chi connectivity index (χ0) is 13.1. The van der Waals surface area contributed by atoms with E-state index in [1.165, 1.54) is 6.20 Å². The highest BCUT2D eigenvalue weighted by Gasteiger charge is 2.34. The van der Waals surface area contributed by atoms with Gasteiger partial charge in [0.1, 0.15) is 17.2 Å². The molecular formula is C10H16ClN5O2. The quantitative estimate of drug-likeness (QED) is 0.601. The first-order valence-electron chi connectivity index (χ1n) is 5.49. The van der Waals surface area contributed by atoms with Crippen LogP contribution in [0.5, 0.6) is 0 Å². The maximum Gasteiger partial charge on any atom is 0.239 e. The number of hydrogen-bond donors (Lipinski definition) is 2. The lowest BCUT2D eigenvalue weighted by Crippen LogP contribution is -2.27. The highest BCUT2D eigenvalue weighted by molar-refractivity contribution is 6.32. The summed E-state index contributed by atoms with van der Waals surface area (Å²) in [6, 6.07) is 0. The second-order valence-electron chi connectivity index (χ2n) is 3.96. The molecule has 1 saturated heterocycles. The molecule has 1 fully saturated rings. The first-order valence-corrected chi connectivity index (χ1v) is 5.87. The van der Waals surface area contributed by atoms with Gasteiger partial charge in [-0.3, -0.25) is 5.43 Å². The monoisotopic (exact) mass is 273 g/mol. The second-order valence-corrected chi connectivity index (χ2v) is 4.37. The summed E-state index contributed by atoms with van der Waals surface area (Å²) >= 11 is 6.10. The first-order chi connectivity index (χ1) is 8.69. The first kappa shape index (κ1) is 13.3. The number of hydrazine groups is 1. The summed E-state index contributed by atoms with van der Waals surface area (Å²) in [6.45, 7) is 1.32. The van der Waals surface area contributed by atoms with Crippen LogP contribution in [0.3, 0.4) is 0 Å². The van der Waals surface area contributed by atoms with Crippen LogP contribution < -0.4 is 16.2 Å². The smallest absolute Gasteiger partial charge is 0.239 e. The van der Waals surface area contributed by atoms with Gasteiger partial charge in [0.05, 0.1) is 6.20 Å². The van der Waals surface area contributed by atoms with Crippen molar-refractivity contribution in [2.75, 3.05) is 37.6 Å². The molecule has 8 heteroatoms. The van der Waals surface area contributed by atoms with Crippen molar-refractivity contribution in [3.05, 3.63) is 11.2 Å². The SMILES string of the molecule is COC1CN(c2nc(NN)ncc2Cl)CC1OC. The number of aromatic nitrogens is 2. The minimum atomic E-state index is -0.00434. The van der Waals surface area contributed by atoms with E-state index < -0.39 is 0 Å². The Labute approximate surface area is 110 Å². The topological polar surface area (TPSA) is 85.5 Å². The molecule has 1 aliphatic heterocycles. The Balaban J connectivity index is 2.22. The van der Waals surface area contributed by atoms with E-state index in [-0.39, 0.29) is 12.2 Å². The molecule has 7 nitrogen and oxygen atoms in total. The molecule has 2 rings (SSSR count). The van der Waals surface area contributed by atoms with Crippen molar-refractivity contribution < 1.29 is 9.47 Å². The number of nitrogen functional groups attached to an aromatic ring is 1. The van der Waals surface area contributed by atoms with Gasteiger partial charge in [-0.2, -0.15) is 4.98 Å². The number of methoxy groups -OCH3 is 2. The van der Waals surface area contributed by atoms with Crippen LogP contribution in [0.2, 0.25) is 5.02 Å².